The lowest BCUT2D eigenvalue weighted by molar-refractivity contribution is 0.111. The van der Waals surface area contributed by atoms with Crippen LogP contribution in [0.1, 0.15) is 31.4 Å². The van der Waals surface area contributed by atoms with Gasteiger partial charge in [-0.25, -0.2) is 0 Å². The molecular weight excluding hydrogens is 377 g/mol. The summed E-state index contributed by atoms with van der Waals surface area (Å²) in [5.74, 6) is 1.73. The Labute approximate surface area is 144 Å². The zero-order chi connectivity index (χ0) is 14.2. The van der Waals surface area contributed by atoms with E-state index in [1.165, 1.54) is 12.8 Å². The Morgan fingerprint density at radius 2 is 2.00 bits per heavy atom. The van der Waals surface area contributed by atoms with Gasteiger partial charge in [-0.2, -0.15) is 0 Å². The Morgan fingerprint density at radius 1 is 1.29 bits per heavy atom. The van der Waals surface area contributed by atoms with E-state index in [1.807, 2.05) is 18.2 Å². The van der Waals surface area contributed by atoms with Gasteiger partial charge in [-0.05, 0) is 31.2 Å². The van der Waals surface area contributed by atoms with E-state index in [2.05, 4.69) is 34.7 Å². The third-order valence-electron chi connectivity index (χ3n) is 3.47. The van der Waals surface area contributed by atoms with Gasteiger partial charge in [-0.15, -0.1) is 24.0 Å². The molecule has 0 saturated heterocycles. The number of ether oxygens (including phenoxy) is 1. The van der Waals surface area contributed by atoms with Crippen LogP contribution in [0.25, 0.3) is 0 Å². The minimum absolute atomic E-state index is 0. The molecule has 5 heteroatoms. The summed E-state index contributed by atoms with van der Waals surface area (Å²) in [7, 11) is 1.73. The molecule has 0 aliphatic heterocycles. The quantitative estimate of drug-likeness (QED) is 0.418. The molecule has 4 nitrogen and oxygen atoms in total. The number of nitrogens with zero attached hydrogens (tertiary/aromatic N) is 1. The summed E-state index contributed by atoms with van der Waals surface area (Å²) in [5, 5.41) is 6.68. The molecule has 2 N–H and O–H groups in total. The van der Waals surface area contributed by atoms with Crippen LogP contribution in [0.2, 0.25) is 0 Å². The van der Waals surface area contributed by atoms with Gasteiger partial charge in [0.2, 0.25) is 0 Å². The molecule has 0 radical (unpaired) electrons. The number of benzene rings is 1. The SMILES string of the molecule is CCNC(=NCC(OC)c1ccccc1)NCC1CC1.I. The second-order valence-corrected chi connectivity index (χ2v) is 5.18. The molecule has 1 unspecified atom stereocenters. The molecule has 1 atom stereocenters. The maximum atomic E-state index is 5.54. The Hall–Kier alpha value is -0.820. The largest absolute Gasteiger partial charge is 0.375 e. The minimum Gasteiger partial charge on any atom is -0.375 e. The smallest absolute Gasteiger partial charge is 0.191 e. The first-order valence-electron chi connectivity index (χ1n) is 7.43. The van der Waals surface area contributed by atoms with E-state index in [0.717, 1.165) is 30.5 Å². The monoisotopic (exact) mass is 403 g/mol. The van der Waals surface area contributed by atoms with Crippen molar-refractivity contribution in [1.82, 2.24) is 10.6 Å². The molecule has 0 bridgehead atoms. The van der Waals surface area contributed by atoms with Gasteiger partial charge in [0.1, 0.15) is 6.10 Å². The lowest BCUT2D eigenvalue weighted by Gasteiger charge is -2.15. The molecule has 1 aromatic rings. The van der Waals surface area contributed by atoms with Crippen LogP contribution in [0, 0.1) is 5.92 Å². The maximum absolute atomic E-state index is 5.54. The van der Waals surface area contributed by atoms with Crippen molar-refractivity contribution < 1.29 is 4.74 Å². The number of rotatable bonds is 7. The fraction of sp³-hybridized carbons (Fsp3) is 0.562. The normalized spacial score (nSPS) is 16.0. The molecule has 1 aliphatic carbocycles. The summed E-state index contributed by atoms with van der Waals surface area (Å²) >= 11 is 0. The molecule has 0 heterocycles. The lowest BCUT2D eigenvalue weighted by Crippen LogP contribution is -2.38. The highest BCUT2D eigenvalue weighted by molar-refractivity contribution is 14.0. The van der Waals surface area contributed by atoms with Crippen LogP contribution < -0.4 is 10.6 Å². The third kappa shape index (κ3) is 6.65. The first-order valence-corrected chi connectivity index (χ1v) is 7.43. The molecule has 1 aliphatic rings. The molecule has 21 heavy (non-hydrogen) atoms. The average molecular weight is 403 g/mol. The fourth-order valence-electron chi connectivity index (χ4n) is 2.06. The third-order valence-corrected chi connectivity index (χ3v) is 3.47. The van der Waals surface area contributed by atoms with Gasteiger partial charge in [-0.1, -0.05) is 30.3 Å². The zero-order valence-corrected chi connectivity index (χ0v) is 15.2. The number of hydrogen-bond acceptors (Lipinski definition) is 2. The highest BCUT2D eigenvalue weighted by atomic mass is 127. The maximum Gasteiger partial charge on any atom is 0.191 e. The summed E-state index contributed by atoms with van der Waals surface area (Å²) in [4.78, 5) is 4.63. The predicted molar refractivity (Wildman–Crippen MR) is 98.3 cm³/mol. The van der Waals surface area contributed by atoms with Crippen molar-refractivity contribution in [1.29, 1.82) is 0 Å². The van der Waals surface area contributed by atoms with Crippen LogP contribution >= 0.6 is 24.0 Å². The Morgan fingerprint density at radius 3 is 2.57 bits per heavy atom. The van der Waals surface area contributed by atoms with Crippen molar-refractivity contribution in [2.24, 2.45) is 10.9 Å². The number of aliphatic imine (C=N–C) groups is 1. The van der Waals surface area contributed by atoms with E-state index in [0.29, 0.717) is 6.54 Å². The Bertz CT molecular complexity index is 421. The fourth-order valence-corrected chi connectivity index (χ4v) is 2.06. The number of halogens is 1. The van der Waals surface area contributed by atoms with Gasteiger partial charge in [0.25, 0.3) is 0 Å². The van der Waals surface area contributed by atoms with Crippen LogP contribution in [-0.4, -0.2) is 32.7 Å². The molecule has 1 fully saturated rings. The summed E-state index contributed by atoms with van der Waals surface area (Å²) in [6.07, 6.45) is 2.70. The standard InChI is InChI=1S/C16H25N3O.HI/c1-3-17-16(18-11-13-9-10-13)19-12-15(20-2)14-7-5-4-6-8-14;/h4-8,13,15H,3,9-12H2,1-2H3,(H2,17,18,19);1H. The molecule has 1 saturated carbocycles. The van der Waals surface area contributed by atoms with Crippen LogP contribution in [0.15, 0.2) is 35.3 Å². The molecule has 0 aromatic heterocycles. The molecular formula is C16H26IN3O. The highest BCUT2D eigenvalue weighted by Gasteiger charge is 2.21. The van der Waals surface area contributed by atoms with E-state index in [4.69, 9.17) is 4.74 Å². The summed E-state index contributed by atoms with van der Waals surface area (Å²) < 4.78 is 5.54. The van der Waals surface area contributed by atoms with Crippen molar-refractivity contribution in [3.05, 3.63) is 35.9 Å². The Kier molecular flexibility index (Phi) is 8.68. The minimum atomic E-state index is 0. The van der Waals surface area contributed by atoms with Gasteiger partial charge in [0.05, 0.1) is 6.54 Å². The first kappa shape index (κ1) is 18.2. The first-order chi connectivity index (χ1) is 9.83. The molecule has 1 aromatic carbocycles. The zero-order valence-electron chi connectivity index (χ0n) is 12.8. The van der Waals surface area contributed by atoms with Gasteiger partial charge < -0.3 is 15.4 Å². The number of guanidine groups is 1. The van der Waals surface area contributed by atoms with Crippen molar-refractivity contribution in [3.8, 4) is 0 Å². The van der Waals surface area contributed by atoms with Crippen molar-refractivity contribution in [2.75, 3.05) is 26.7 Å². The molecule has 2 rings (SSSR count). The van der Waals surface area contributed by atoms with Gasteiger partial charge in [-0.3, -0.25) is 4.99 Å². The van der Waals surface area contributed by atoms with Crippen LogP contribution in [0.4, 0.5) is 0 Å². The van der Waals surface area contributed by atoms with E-state index in [1.54, 1.807) is 7.11 Å². The topological polar surface area (TPSA) is 45.7 Å². The average Bonchev–Trinajstić information content (AvgIpc) is 3.30. The predicted octanol–water partition coefficient (Wildman–Crippen LogP) is 2.96. The van der Waals surface area contributed by atoms with Crippen molar-refractivity contribution in [2.45, 2.75) is 25.9 Å². The van der Waals surface area contributed by atoms with Gasteiger partial charge in [0, 0.05) is 20.2 Å². The Balaban J connectivity index is 0.00000220. The summed E-state index contributed by atoms with van der Waals surface area (Å²) in [6.45, 7) is 4.61. The van der Waals surface area contributed by atoms with Crippen LogP contribution in [0.5, 0.6) is 0 Å². The highest BCUT2D eigenvalue weighted by Crippen LogP contribution is 2.27. The molecule has 0 spiro atoms. The molecule has 118 valence electrons. The second kappa shape index (κ2) is 10.00. The number of methoxy groups -OCH3 is 1. The van der Waals surface area contributed by atoms with Crippen molar-refractivity contribution >= 4 is 29.9 Å². The number of hydrogen-bond donors (Lipinski definition) is 2. The lowest BCUT2D eigenvalue weighted by atomic mass is 10.1. The molecule has 0 amide bonds. The van der Waals surface area contributed by atoms with Crippen LogP contribution in [-0.2, 0) is 4.74 Å². The summed E-state index contributed by atoms with van der Waals surface area (Å²) in [5.41, 5.74) is 1.16. The second-order valence-electron chi connectivity index (χ2n) is 5.18. The van der Waals surface area contributed by atoms with Gasteiger partial charge in [0.15, 0.2) is 5.96 Å². The van der Waals surface area contributed by atoms with E-state index >= 15 is 0 Å². The van der Waals surface area contributed by atoms with Gasteiger partial charge >= 0.3 is 0 Å². The van der Waals surface area contributed by atoms with Crippen molar-refractivity contribution in [3.63, 3.8) is 0 Å². The van der Waals surface area contributed by atoms with E-state index in [-0.39, 0.29) is 30.1 Å². The van der Waals surface area contributed by atoms with E-state index < -0.39 is 0 Å². The number of nitrogens with one attached hydrogen (secondary N) is 2. The van der Waals surface area contributed by atoms with E-state index in [9.17, 15) is 0 Å². The summed E-state index contributed by atoms with van der Waals surface area (Å²) in [6, 6.07) is 10.2. The van der Waals surface area contributed by atoms with Crippen LogP contribution in [0.3, 0.4) is 0 Å².